The minimum atomic E-state index is 0.242. The molecule has 1 fully saturated rings. The van der Waals surface area contributed by atoms with E-state index in [1.54, 1.807) is 17.7 Å². The molecule has 2 aliphatic rings. The number of thiophene rings is 1. The molecule has 1 aliphatic carbocycles. The summed E-state index contributed by atoms with van der Waals surface area (Å²) >= 11 is 1.69. The Balaban J connectivity index is 1.35. The predicted molar refractivity (Wildman–Crippen MR) is 156 cm³/mol. The summed E-state index contributed by atoms with van der Waals surface area (Å²) in [4.78, 5) is 31.9. The second kappa shape index (κ2) is 10.1. The van der Waals surface area contributed by atoms with Crippen LogP contribution in [-0.4, -0.2) is 52.4 Å². The molecule has 3 aromatic heterocycles. The quantitative estimate of drug-likeness (QED) is 0.291. The fourth-order valence-electron chi connectivity index (χ4n) is 5.98. The van der Waals surface area contributed by atoms with Gasteiger partial charge in [0.2, 0.25) is 5.91 Å². The predicted octanol–water partition coefficient (Wildman–Crippen LogP) is 5.82. The van der Waals surface area contributed by atoms with Gasteiger partial charge < -0.3 is 15.1 Å². The number of anilines is 2. The molecule has 1 N–H and O–H groups in total. The van der Waals surface area contributed by atoms with Crippen molar-refractivity contribution in [2.75, 3.05) is 36.9 Å². The molecule has 4 aromatic rings. The van der Waals surface area contributed by atoms with Gasteiger partial charge in [-0.3, -0.25) is 4.79 Å². The lowest BCUT2D eigenvalue weighted by atomic mass is 9.73. The summed E-state index contributed by atoms with van der Waals surface area (Å²) in [5.74, 6) is 2.25. The normalized spacial score (nSPS) is 16.8. The van der Waals surface area contributed by atoms with Crippen molar-refractivity contribution in [1.82, 2.24) is 19.9 Å². The maximum Gasteiger partial charge on any atom is 0.222 e. The molecule has 7 nitrogen and oxygen atoms in total. The summed E-state index contributed by atoms with van der Waals surface area (Å²) in [7, 11) is 2.16. The molecule has 4 heterocycles. The molecule has 1 amide bonds. The highest BCUT2D eigenvalue weighted by Gasteiger charge is 2.32. The molecule has 38 heavy (non-hydrogen) atoms. The SMILES string of the molecule is CN(Cc1ccccc1)c1nc2sc3c(NCCCN4CCCC4=O)ncnc3c2c2c1CCC(C)(C)C2. The monoisotopic (exact) mass is 528 g/mol. The van der Waals surface area contributed by atoms with E-state index in [9.17, 15) is 4.79 Å². The number of likely N-dealkylation sites (tertiary alicyclic amines) is 1. The van der Waals surface area contributed by atoms with E-state index in [0.717, 1.165) is 85.0 Å². The lowest BCUT2D eigenvalue weighted by Crippen LogP contribution is -2.27. The number of aromatic nitrogens is 3. The molecule has 0 atom stereocenters. The highest BCUT2D eigenvalue weighted by molar-refractivity contribution is 7.26. The van der Waals surface area contributed by atoms with E-state index in [-0.39, 0.29) is 11.3 Å². The van der Waals surface area contributed by atoms with E-state index >= 15 is 0 Å². The van der Waals surface area contributed by atoms with Crippen LogP contribution in [0.4, 0.5) is 11.6 Å². The van der Waals surface area contributed by atoms with Gasteiger partial charge in [-0.1, -0.05) is 44.2 Å². The van der Waals surface area contributed by atoms with Crippen LogP contribution < -0.4 is 10.2 Å². The number of nitrogens with zero attached hydrogens (tertiary/aromatic N) is 5. The van der Waals surface area contributed by atoms with E-state index in [0.29, 0.717) is 6.42 Å². The number of benzene rings is 1. The number of carbonyl (C=O) groups is 1. The third-order valence-corrected chi connectivity index (χ3v) is 9.08. The first kappa shape index (κ1) is 25.0. The highest BCUT2D eigenvalue weighted by atomic mass is 32.1. The summed E-state index contributed by atoms with van der Waals surface area (Å²) in [5, 5.41) is 4.74. The van der Waals surface area contributed by atoms with Crippen LogP contribution in [0.2, 0.25) is 0 Å². The number of fused-ring (bicyclic) bond motifs is 5. The molecule has 1 saturated heterocycles. The van der Waals surface area contributed by atoms with Crippen molar-refractivity contribution in [3.63, 3.8) is 0 Å². The largest absolute Gasteiger partial charge is 0.369 e. The average Bonchev–Trinajstić information content (AvgIpc) is 3.49. The standard InChI is InChI=1S/C30H36N6OS/c1-30(2)13-12-21-22(17-30)24-25-26(27(33-19-32-25)31-14-8-16-36-15-7-11-23(36)37)38-29(24)34-28(21)35(3)18-20-9-5-4-6-10-20/h4-6,9-10,19H,7-8,11-18H2,1-3H3,(H,31,32,33). The second-order valence-electron chi connectivity index (χ2n) is 11.5. The Morgan fingerprint density at radius 3 is 2.76 bits per heavy atom. The van der Waals surface area contributed by atoms with E-state index < -0.39 is 0 Å². The topological polar surface area (TPSA) is 74.2 Å². The minimum absolute atomic E-state index is 0.242. The van der Waals surface area contributed by atoms with Crippen molar-refractivity contribution in [3.05, 3.63) is 53.3 Å². The van der Waals surface area contributed by atoms with E-state index in [1.807, 2.05) is 4.90 Å². The Bertz CT molecular complexity index is 1480. The molecule has 0 unspecified atom stereocenters. The van der Waals surface area contributed by atoms with Gasteiger partial charge in [-0.2, -0.15) is 0 Å². The Kier molecular flexibility index (Phi) is 6.68. The zero-order valence-corrected chi connectivity index (χ0v) is 23.4. The van der Waals surface area contributed by atoms with E-state index in [4.69, 9.17) is 9.97 Å². The van der Waals surface area contributed by atoms with Crippen molar-refractivity contribution >= 4 is 49.3 Å². The number of nitrogens with one attached hydrogen (secondary N) is 1. The third-order valence-electron chi connectivity index (χ3n) is 8.00. The number of pyridine rings is 1. The molecule has 8 heteroatoms. The van der Waals surface area contributed by atoms with Crippen LogP contribution in [0.3, 0.4) is 0 Å². The van der Waals surface area contributed by atoms with Crippen LogP contribution in [0.5, 0.6) is 0 Å². The maximum absolute atomic E-state index is 11.9. The van der Waals surface area contributed by atoms with Gasteiger partial charge in [0.15, 0.2) is 0 Å². The van der Waals surface area contributed by atoms with Gasteiger partial charge in [-0.25, -0.2) is 15.0 Å². The Hall–Kier alpha value is -3.26. The highest BCUT2D eigenvalue weighted by Crippen LogP contribution is 2.46. The van der Waals surface area contributed by atoms with Gasteiger partial charge in [-0.15, -0.1) is 11.3 Å². The van der Waals surface area contributed by atoms with Gasteiger partial charge >= 0.3 is 0 Å². The summed E-state index contributed by atoms with van der Waals surface area (Å²) in [6.45, 7) is 8.03. The molecule has 6 rings (SSSR count). The Morgan fingerprint density at radius 2 is 1.97 bits per heavy atom. The molecule has 0 radical (unpaired) electrons. The van der Waals surface area contributed by atoms with Crippen molar-refractivity contribution in [2.45, 2.75) is 58.9 Å². The molecule has 0 bridgehead atoms. The smallest absolute Gasteiger partial charge is 0.222 e. The lowest BCUT2D eigenvalue weighted by Gasteiger charge is -2.34. The summed E-state index contributed by atoms with van der Waals surface area (Å²) in [5.41, 5.74) is 5.32. The zero-order chi connectivity index (χ0) is 26.3. The summed E-state index contributed by atoms with van der Waals surface area (Å²) < 4.78 is 1.07. The first-order chi connectivity index (χ1) is 18.4. The van der Waals surface area contributed by atoms with Crippen LogP contribution in [0, 0.1) is 5.41 Å². The lowest BCUT2D eigenvalue weighted by molar-refractivity contribution is -0.127. The molecule has 1 aliphatic heterocycles. The molecular weight excluding hydrogens is 492 g/mol. The number of hydrogen-bond acceptors (Lipinski definition) is 7. The van der Waals surface area contributed by atoms with Crippen molar-refractivity contribution in [3.8, 4) is 0 Å². The van der Waals surface area contributed by atoms with Gasteiger partial charge in [0.1, 0.15) is 22.8 Å². The molecule has 0 spiro atoms. The van der Waals surface area contributed by atoms with Crippen LogP contribution in [0.15, 0.2) is 36.7 Å². The third kappa shape index (κ3) is 4.82. The number of rotatable bonds is 8. The molecular formula is C30H36N6OS. The Morgan fingerprint density at radius 1 is 1.13 bits per heavy atom. The van der Waals surface area contributed by atoms with E-state index in [2.05, 4.69) is 66.4 Å². The number of carbonyl (C=O) groups excluding carboxylic acids is 1. The van der Waals surface area contributed by atoms with Crippen LogP contribution in [0.1, 0.15) is 56.2 Å². The van der Waals surface area contributed by atoms with Gasteiger partial charge in [0.05, 0.1) is 10.2 Å². The van der Waals surface area contributed by atoms with Crippen molar-refractivity contribution < 1.29 is 4.79 Å². The zero-order valence-electron chi connectivity index (χ0n) is 22.6. The fraction of sp³-hybridized carbons (Fsp3) is 0.467. The molecule has 198 valence electrons. The second-order valence-corrected chi connectivity index (χ2v) is 12.5. The average molecular weight is 529 g/mol. The molecule has 1 aromatic carbocycles. The maximum atomic E-state index is 11.9. The van der Waals surface area contributed by atoms with Crippen LogP contribution in [0.25, 0.3) is 20.4 Å². The first-order valence-electron chi connectivity index (χ1n) is 13.8. The van der Waals surface area contributed by atoms with Gasteiger partial charge in [0, 0.05) is 45.0 Å². The van der Waals surface area contributed by atoms with Crippen LogP contribution >= 0.6 is 11.3 Å². The molecule has 0 saturated carbocycles. The van der Waals surface area contributed by atoms with Crippen LogP contribution in [-0.2, 0) is 24.2 Å². The first-order valence-corrected chi connectivity index (χ1v) is 14.6. The van der Waals surface area contributed by atoms with Crippen molar-refractivity contribution in [2.24, 2.45) is 5.41 Å². The van der Waals surface area contributed by atoms with Crippen molar-refractivity contribution in [1.29, 1.82) is 0 Å². The summed E-state index contributed by atoms with van der Waals surface area (Å²) in [6, 6.07) is 10.6. The fourth-order valence-corrected chi connectivity index (χ4v) is 7.10. The number of amides is 1. The summed E-state index contributed by atoms with van der Waals surface area (Å²) in [6.07, 6.45) is 7.46. The minimum Gasteiger partial charge on any atom is -0.369 e. The van der Waals surface area contributed by atoms with Gasteiger partial charge in [-0.05, 0) is 54.2 Å². The number of hydrogen-bond donors (Lipinski definition) is 1. The van der Waals surface area contributed by atoms with Gasteiger partial charge in [0.25, 0.3) is 0 Å². The Labute approximate surface area is 228 Å². The van der Waals surface area contributed by atoms with E-state index in [1.165, 1.54) is 22.1 Å².